The van der Waals surface area contributed by atoms with Crippen LogP contribution in [-0.4, -0.2) is 18.2 Å². The van der Waals surface area contributed by atoms with Crippen molar-refractivity contribution in [2.75, 3.05) is 0 Å². The molecule has 0 saturated carbocycles. The normalized spacial score (nSPS) is 12.1. The molecule has 4 nitrogen and oxygen atoms in total. The van der Waals surface area contributed by atoms with E-state index in [1.54, 1.807) is 11.7 Å². The number of nitrogens with zero attached hydrogens (tertiary/aromatic N) is 2. The number of aryl methyl sites for hydroxylation is 1. The fraction of sp³-hybridized carbons (Fsp3) is 0.222. The van der Waals surface area contributed by atoms with Crippen LogP contribution in [0.2, 0.25) is 0 Å². The zero-order chi connectivity index (χ0) is 11.1. The molecule has 1 aromatic carbocycles. The first-order valence-electron chi connectivity index (χ1n) is 4.30. The monoisotopic (exact) mass is 244 g/mol. The Morgan fingerprint density at radius 2 is 2.07 bits per heavy atom. The van der Waals surface area contributed by atoms with Crippen LogP contribution in [0.3, 0.4) is 0 Å². The van der Waals surface area contributed by atoms with Crippen molar-refractivity contribution in [3.63, 3.8) is 0 Å². The summed E-state index contributed by atoms with van der Waals surface area (Å²) in [6, 6.07) is 7.36. The van der Waals surface area contributed by atoms with Crippen molar-refractivity contribution in [1.29, 1.82) is 0 Å². The summed E-state index contributed by atoms with van der Waals surface area (Å²) in [7, 11) is 3.38. The molecule has 0 aliphatic rings. The summed E-state index contributed by atoms with van der Waals surface area (Å²) in [5.74, 6) is -0.203. The summed E-state index contributed by atoms with van der Waals surface area (Å²) in [6.45, 7) is 0. The molecular formula is C9H9ClN2O2S. The van der Waals surface area contributed by atoms with Gasteiger partial charge in [0.05, 0.1) is 11.2 Å². The largest absolute Gasteiger partial charge is 0.270 e. The minimum Gasteiger partial charge on any atom is -0.270 e. The second kappa shape index (κ2) is 3.50. The van der Waals surface area contributed by atoms with Crippen LogP contribution >= 0.6 is 10.7 Å². The van der Waals surface area contributed by atoms with Crippen LogP contribution < -0.4 is 0 Å². The van der Waals surface area contributed by atoms with E-state index >= 15 is 0 Å². The van der Waals surface area contributed by atoms with Gasteiger partial charge in [0.25, 0.3) is 0 Å². The maximum atomic E-state index is 11.0. The molecule has 1 heterocycles. The van der Waals surface area contributed by atoms with Crippen LogP contribution in [0.5, 0.6) is 0 Å². The lowest BCUT2D eigenvalue weighted by atomic mass is 10.2. The Hall–Kier alpha value is -1.07. The van der Waals surface area contributed by atoms with Gasteiger partial charge in [-0.05, 0) is 6.07 Å². The Bertz CT molecular complexity index is 604. The molecule has 0 aliphatic carbocycles. The molecule has 15 heavy (non-hydrogen) atoms. The van der Waals surface area contributed by atoms with Gasteiger partial charge in [-0.3, -0.25) is 4.68 Å². The second-order valence-electron chi connectivity index (χ2n) is 3.27. The molecule has 0 N–H and O–H groups in total. The quantitative estimate of drug-likeness (QED) is 0.755. The Labute approximate surface area is 91.9 Å². The highest BCUT2D eigenvalue weighted by atomic mass is 35.7. The van der Waals surface area contributed by atoms with Gasteiger partial charge >= 0.3 is 0 Å². The number of hydrogen-bond acceptors (Lipinski definition) is 3. The zero-order valence-corrected chi connectivity index (χ0v) is 9.59. The summed E-state index contributed by atoms with van der Waals surface area (Å²) in [5, 5.41) is 5.01. The molecule has 6 heteroatoms. The third-order valence-electron chi connectivity index (χ3n) is 2.17. The van der Waals surface area contributed by atoms with Crippen molar-refractivity contribution in [2.45, 2.75) is 5.75 Å². The average Bonchev–Trinajstić information content (AvgIpc) is 2.41. The summed E-state index contributed by atoms with van der Waals surface area (Å²) in [4.78, 5) is 0. The predicted octanol–water partition coefficient (Wildman–Crippen LogP) is 1.64. The third kappa shape index (κ3) is 2.13. The van der Waals surface area contributed by atoms with E-state index in [0.717, 1.165) is 10.9 Å². The lowest BCUT2D eigenvalue weighted by Gasteiger charge is -1.98. The Balaban J connectivity index is 2.64. The van der Waals surface area contributed by atoms with Crippen LogP contribution in [0, 0.1) is 0 Å². The predicted molar refractivity (Wildman–Crippen MR) is 59.2 cm³/mol. The fourth-order valence-electron chi connectivity index (χ4n) is 1.54. The Morgan fingerprint density at radius 1 is 1.40 bits per heavy atom. The average molecular weight is 245 g/mol. The molecule has 0 atom stereocenters. The van der Waals surface area contributed by atoms with Gasteiger partial charge in [-0.15, -0.1) is 0 Å². The topological polar surface area (TPSA) is 52.0 Å². The second-order valence-corrected chi connectivity index (χ2v) is 6.05. The highest BCUT2D eigenvalue weighted by Crippen LogP contribution is 2.20. The van der Waals surface area contributed by atoms with E-state index in [9.17, 15) is 8.42 Å². The van der Waals surface area contributed by atoms with Crippen LogP contribution in [0.25, 0.3) is 10.9 Å². The Morgan fingerprint density at radius 3 is 2.73 bits per heavy atom. The molecule has 0 spiro atoms. The number of hydrogen-bond donors (Lipinski definition) is 0. The van der Waals surface area contributed by atoms with Crippen LogP contribution in [0.15, 0.2) is 24.3 Å². The van der Waals surface area contributed by atoms with E-state index in [0.29, 0.717) is 5.69 Å². The van der Waals surface area contributed by atoms with Crippen molar-refractivity contribution >= 4 is 30.6 Å². The number of rotatable bonds is 2. The molecule has 0 fully saturated rings. The summed E-state index contributed by atoms with van der Waals surface area (Å²) in [5.41, 5.74) is 1.39. The van der Waals surface area contributed by atoms with Crippen LogP contribution in [0.4, 0.5) is 0 Å². The van der Waals surface area contributed by atoms with Gasteiger partial charge < -0.3 is 0 Å². The highest BCUT2D eigenvalue weighted by molar-refractivity contribution is 8.13. The van der Waals surface area contributed by atoms with Crippen molar-refractivity contribution in [3.05, 3.63) is 30.0 Å². The van der Waals surface area contributed by atoms with E-state index in [1.807, 2.05) is 24.3 Å². The minimum absolute atomic E-state index is 0.203. The van der Waals surface area contributed by atoms with Gasteiger partial charge in [-0.1, -0.05) is 18.2 Å². The first-order valence-corrected chi connectivity index (χ1v) is 6.78. The van der Waals surface area contributed by atoms with Gasteiger partial charge in [0, 0.05) is 23.1 Å². The molecule has 80 valence electrons. The van der Waals surface area contributed by atoms with Crippen molar-refractivity contribution in [1.82, 2.24) is 9.78 Å². The van der Waals surface area contributed by atoms with E-state index in [1.165, 1.54) is 0 Å². The number of aromatic nitrogens is 2. The number of benzene rings is 1. The van der Waals surface area contributed by atoms with Gasteiger partial charge in [-0.2, -0.15) is 5.10 Å². The molecule has 0 unspecified atom stereocenters. The van der Waals surface area contributed by atoms with Crippen molar-refractivity contribution in [2.24, 2.45) is 7.05 Å². The maximum absolute atomic E-state index is 11.0. The van der Waals surface area contributed by atoms with Crippen LogP contribution in [-0.2, 0) is 21.9 Å². The molecule has 0 amide bonds. The maximum Gasteiger partial charge on any atom is 0.238 e. The van der Waals surface area contributed by atoms with Crippen molar-refractivity contribution in [3.8, 4) is 0 Å². The summed E-state index contributed by atoms with van der Waals surface area (Å²) >= 11 is 0. The van der Waals surface area contributed by atoms with Crippen molar-refractivity contribution < 1.29 is 8.42 Å². The van der Waals surface area contributed by atoms with Gasteiger partial charge in [0.15, 0.2) is 0 Å². The summed E-state index contributed by atoms with van der Waals surface area (Å²) < 4.78 is 23.6. The molecule has 0 radical (unpaired) electrons. The third-order valence-corrected chi connectivity index (χ3v) is 3.12. The molecule has 0 aliphatic heterocycles. The number of fused-ring (bicyclic) bond motifs is 1. The lowest BCUT2D eigenvalue weighted by molar-refractivity contribution is 0.606. The smallest absolute Gasteiger partial charge is 0.238 e. The first kappa shape index (κ1) is 10.4. The molecule has 1 aromatic heterocycles. The molecular weight excluding hydrogens is 236 g/mol. The first-order chi connectivity index (χ1) is 6.97. The molecule has 2 rings (SSSR count). The summed E-state index contributed by atoms with van der Waals surface area (Å²) in [6.07, 6.45) is 0. The SMILES string of the molecule is Cn1nc2ccccc2c1CS(=O)(=O)Cl. The van der Waals surface area contributed by atoms with Gasteiger partial charge in [-0.25, -0.2) is 8.42 Å². The molecule has 2 aromatic rings. The molecule has 0 saturated heterocycles. The fourth-order valence-corrected chi connectivity index (χ4v) is 2.51. The van der Waals surface area contributed by atoms with E-state index in [-0.39, 0.29) is 5.75 Å². The lowest BCUT2D eigenvalue weighted by Crippen LogP contribution is -2.03. The number of halogens is 1. The van der Waals surface area contributed by atoms with Gasteiger partial charge in [0.1, 0.15) is 5.75 Å². The Kier molecular flexibility index (Phi) is 2.44. The van der Waals surface area contributed by atoms with E-state index < -0.39 is 9.05 Å². The van der Waals surface area contributed by atoms with E-state index in [2.05, 4.69) is 5.10 Å². The minimum atomic E-state index is -3.55. The zero-order valence-electron chi connectivity index (χ0n) is 8.01. The standard InChI is InChI=1S/C9H9ClN2O2S/c1-12-9(6-15(10,13)14)7-4-2-3-5-8(7)11-12/h2-5H,6H2,1H3. The molecule has 0 bridgehead atoms. The van der Waals surface area contributed by atoms with Crippen LogP contribution in [0.1, 0.15) is 5.69 Å². The van der Waals surface area contributed by atoms with E-state index in [4.69, 9.17) is 10.7 Å². The highest BCUT2D eigenvalue weighted by Gasteiger charge is 2.14. The van der Waals surface area contributed by atoms with Gasteiger partial charge in [0.2, 0.25) is 9.05 Å².